The Morgan fingerprint density at radius 1 is 1.10 bits per heavy atom. The highest BCUT2D eigenvalue weighted by Gasteiger charge is 2.42. The second-order valence-electron chi connectivity index (χ2n) is 8.65. The van der Waals surface area contributed by atoms with Crippen LogP contribution in [0.5, 0.6) is 0 Å². The quantitative estimate of drug-likeness (QED) is 0.470. The minimum atomic E-state index is -0.841. The van der Waals surface area contributed by atoms with Gasteiger partial charge in [0.15, 0.2) is 5.76 Å². The molecule has 170 valence electrons. The van der Waals surface area contributed by atoms with Gasteiger partial charge in [0.05, 0.1) is 19.8 Å². The average molecular weight is 421 g/mol. The summed E-state index contributed by atoms with van der Waals surface area (Å²) < 4.78 is 15.8. The summed E-state index contributed by atoms with van der Waals surface area (Å²) in [7, 11) is 4.60. The van der Waals surface area contributed by atoms with Gasteiger partial charge in [0.2, 0.25) is 11.5 Å². The number of aliphatic hydroxyl groups excluding tert-OH is 1. The molecule has 0 aliphatic heterocycles. The van der Waals surface area contributed by atoms with Crippen LogP contribution in [-0.4, -0.2) is 43.9 Å². The molecule has 30 heavy (non-hydrogen) atoms. The third-order valence-electron chi connectivity index (χ3n) is 5.86. The molecule has 1 aliphatic rings. The van der Waals surface area contributed by atoms with Gasteiger partial charge in [-0.05, 0) is 53.4 Å². The summed E-state index contributed by atoms with van der Waals surface area (Å²) in [6.45, 7) is 10.2. The van der Waals surface area contributed by atoms with E-state index in [0.29, 0.717) is 6.42 Å². The van der Waals surface area contributed by atoms with Crippen LogP contribution in [0.3, 0.4) is 0 Å². The van der Waals surface area contributed by atoms with Gasteiger partial charge in [-0.3, -0.25) is 4.79 Å². The van der Waals surface area contributed by atoms with Gasteiger partial charge in [-0.15, -0.1) is 0 Å². The average Bonchev–Trinajstić information content (AvgIpc) is 2.70. The first-order valence-electron chi connectivity index (χ1n) is 10.7. The van der Waals surface area contributed by atoms with Crippen LogP contribution >= 0.6 is 0 Å². The van der Waals surface area contributed by atoms with Crippen LogP contribution in [0.2, 0.25) is 0 Å². The van der Waals surface area contributed by atoms with Crippen LogP contribution in [0.1, 0.15) is 60.3 Å². The summed E-state index contributed by atoms with van der Waals surface area (Å²) in [5, 5.41) is 10.7. The molecule has 1 unspecified atom stereocenters. The lowest BCUT2D eigenvalue weighted by atomic mass is 9.77. The summed E-state index contributed by atoms with van der Waals surface area (Å²) in [5.74, 6) is -0.270. The standard InChI is InChI=1S/C25H40O5/c1-17(13-10-16-25(4,5)30-8)11-9-12-18(2)14-15-20-19(3)21(26)23(28-6)24(29-7)22(20)27/h10-11,14,16,19-20,22,27H,9,12-13,15H2,1-8H3/b16-10+,17-11-,18-14+/t19-,20?,22-/m1/s1. The molecule has 1 N–H and O–H groups in total. The number of aliphatic hydroxyl groups is 1. The molecule has 5 nitrogen and oxygen atoms in total. The van der Waals surface area contributed by atoms with Crippen molar-refractivity contribution in [1.29, 1.82) is 0 Å². The molecule has 0 radical (unpaired) electrons. The lowest BCUT2D eigenvalue weighted by Crippen LogP contribution is -2.40. The highest BCUT2D eigenvalue weighted by molar-refractivity contribution is 5.97. The summed E-state index contributed by atoms with van der Waals surface area (Å²) in [6, 6.07) is 0. The predicted molar refractivity (Wildman–Crippen MR) is 121 cm³/mol. The highest BCUT2D eigenvalue weighted by Crippen LogP contribution is 2.35. The van der Waals surface area contributed by atoms with E-state index in [9.17, 15) is 9.90 Å². The van der Waals surface area contributed by atoms with Crippen molar-refractivity contribution in [1.82, 2.24) is 0 Å². The first-order chi connectivity index (χ1) is 14.1. The number of ether oxygens (including phenoxy) is 3. The van der Waals surface area contributed by atoms with Gasteiger partial charge in [0.1, 0.15) is 6.10 Å². The number of carbonyl (C=O) groups excluding carboxylic acids is 1. The third kappa shape index (κ3) is 7.44. The Labute approximate surface area is 182 Å². The lowest BCUT2D eigenvalue weighted by Gasteiger charge is -2.33. The molecule has 0 aromatic rings. The van der Waals surface area contributed by atoms with E-state index in [1.807, 2.05) is 20.8 Å². The summed E-state index contributed by atoms with van der Waals surface area (Å²) in [5.41, 5.74) is 2.35. The predicted octanol–water partition coefficient (Wildman–Crippen LogP) is 5.12. The number of hydrogen-bond donors (Lipinski definition) is 1. The molecule has 0 saturated heterocycles. The van der Waals surface area contributed by atoms with E-state index in [1.165, 1.54) is 25.4 Å². The Morgan fingerprint density at radius 2 is 1.77 bits per heavy atom. The molecule has 1 rings (SSSR count). The van der Waals surface area contributed by atoms with Crippen LogP contribution in [0.4, 0.5) is 0 Å². The Bertz CT molecular complexity index is 696. The molecule has 0 spiro atoms. The van der Waals surface area contributed by atoms with Crippen LogP contribution in [0.15, 0.2) is 47.0 Å². The van der Waals surface area contributed by atoms with Crippen molar-refractivity contribution in [2.45, 2.75) is 72.0 Å². The van der Waals surface area contributed by atoms with Crippen molar-refractivity contribution < 1.29 is 24.1 Å². The van der Waals surface area contributed by atoms with Crippen LogP contribution in [-0.2, 0) is 19.0 Å². The van der Waals surface area contributed by atoms with Crippen molar-refractivity contribution in [3.05, 3.63) is 47.0 Å². The number of carbonyl (C=O) groups is 1. The second-order valence-corrected chi connectivity index (χ2v) is 8.65. The largest absolute Gasteiger partial charge is 0.494 e. The molecule has 5 heteroatoms. The molecule has 0 aromatic carbocycles. The van der Waals surface area contributed by atoms with Crippen LogP contribution in [0.25, 0.3) is 0 Å². The number of allylic oxidation sites excluding steroid dienone is 6. The van der Waals surface area contributed by atoms with E-state index in [2.05, 4.69) is 38.2 Å². The van der Waals surface area contributed by atoms with Gasteiger partial charge >= 0.3 is 0 Å². The Balaban J connectivity index is 2.63. The van der Waals surface area contributed by atoms with E-state index in [0.717, 1.165) is 19.3 Å². The zero-order valence-corrected chi connectivity index (χ0v) is 20.0. The summed E-state index contributed by atoms with van der Waals surface area (Å²) >= 11 is 0. The molecule has 0 fully saturated rings. The monoisotopic (exact) mass is 420 g/mol. The van der Waals surface area contributed by atoms with E-state index < -0.39 is 6.10 Å². The van der Waals surface area contributed by atoms with Crippen molar-refractivity contribution >= 4 is 5.78 Å². The smallest absolute Gasteiger partial charge is 0.204 e. The topological polar surface area (TPSA) is 65.0 Å². The fourth-order valence-corrected chi connectivity index (χ4v) is 3.54. The van der Waals surface area contributed by atoms with Crippen molar-refractivity contribution in [3.63, 3.8) is 0 Å². The van der Waals surface area contributed by atoms with Gasteiger partial charge in [0, 0.05) is 18.9 Å². The summed E-state index contributed by atoms with van der Waals surface area (Å²) in [6.07, 6.45) is 11.2. The Hall–Kier alpha value is -1.85. The molecule has 0 saturated carbocycles. The second kappa shape index (κ2) is 12.1. The minimum Gasteiger partial charge on any atom is -0.494 e. The summed E-state index contributed by atoms with van der Waals surface area (Å²) in [4.78, 5) is 12.5. The fraction of sp³-hybridized carbons (Fsp3) is 0.640. The van der Waals surface area contributed by atoms with Crippen LogP contribution < -0.4 is 0 Å². The lowest BCUT2D eigenvalue weighted by molar-refractivity contribution is -0.128. The minimum absolute atomic E-state index is 0.112. The molecular formula is C25H40O5. The zero-order valence-electron chi connectivity index (χ0n) is 20.0. The van der Waals surface area contributed by atoms with E-state index in [-0.39, 0.29) is 34.7 Å². The molecule has 0 amide bonds. The van der Waals surface area contributed by atoms with E-state index in [1.54, 1.807) is 7.11 Å². The normalized spacial score (nSPS) is 24.0. The first kappa shape index (κ1) is 26.2. The molecule has 1 aliphatic carbocycles. The zero-order chi connectivity index (χ0) is 22.9. The molecular weight excluding hydrogens is 380 g/mol. The maximum absolute atomic E-state index is 12.5. The molecule has 0 heterocycles. The first-order valence-corrected chi connectivity index (χ1v) is 10.7. The molecule has 3 atom stereocenters. The fourth-order valence-electron chi connectivity index (χ4n) is 3.54. The number of hydrogen-bond acceptors (Lipinski definition) is 5. The SMILES string of the molecule is COC1=C(OC)[C@H](O)C(C/C=C(\C)CC/C=C(/C)C/C=C/C(C)(C)OC)[C@@H](C)C1=O. The molecule has 0 aromatic heterocycles. The maximum Gasteiger partial charge on any atom is 0.204 e. The van der Waals surface area contributed by atoms with Gasteiger partial charge < -0.3 is 19.3 Å². The Morgan fingerprint density at radius 3 is 2.33 bits per heavy atom. The number of rotatable bonds is 11. The van der Waals surface area contributed by atoms with Crippen molar-refractivity contribution in [3.8, 4) is 0 Å². The number of Topliss-reactive ketones (excluding diaryl/α,β-unsaturated/α-hetero) is 1. The van der Waals surface area contributed by atoms with Crippen molar-refractivity contribution in [2.24, 2.45) is 11.8 Å². The number of methoxy groups -OCH3 is 3. The van der Waals surface area contributed by atoms with Crippen LogP contribution in [0, 0.1) is 11.8 Å². The van der Waals surface area contributed by atoms with E-state index in [4.69, 9.17) is 14.2 Å². The highest BCUT2D eigenvalue weighted by atomic mass is 16.5. The van der Waals surface area contributed by atoms with E-state index >= 15 is 0 Å². The number of ketones is 1. The maximum atomic E-state index is 12.5. The van der Waals surface area contributed by atoms with Gasteiger partial charge in [0.25, 0.3) is 0 Å². The Kier molecular flexibility index (Phi) is 10.6. The van der Waals surface area contributed by atoms with Gasteiger partial charge in [-0.1, -0.05) is 42.4 Å². The third-order valence-corrected chi connectivity index (χ3v) is 5.86. The molecule has 0 bridgehead atoms. The van der Waals surface area contributed by atoms with Crippen molar-refractivity contribution in [2.75, 3.05) is 21.3 Å². The van der Waals surface area contributed by atoms with Gasteiger partial charge in [-0.2, -0.15) is 0 Å². The van der Waals surface area contributed by atoms with Gasteiger partial charge in [-0.25, -0.2) is 0 Å².